The number of carbonyl (C=O) groups is 2. The minimum atomic E-state index is -0.817. The maximum Gasteiger partial charge on any atom is 0.307 e. The molecule has 84 valence electrons. The molecule has 0 aromatic heterocycles. The van der Waals surface area contributed by atoms with Crippen molar-refractivity contribution in [1.29, 1.82) is 0 Å². The second-order valence-corrected chi connectivity index (χ2v) is 4.53. The van der Waals surface area contributed by atoms with E-state index in [4.69, 9.17) is 5.11 Å². The van der Waals surface area contributed by atoms with Crippen LogP contribution in [-0.2, 0) is 9.59 Å². The van der Waals surface area contributed by atoms with E-state index in [9.17, 15) is 9.59 Å². The first-order valence-electron chi connectivity index (χ1n) is 5.72. The van der Waals surface area contributed by atoms with Gasteiger partial charge in [-0.2, -0.15) is 0 Å². The topological polar surface area (TPSA) is 57.6 Å². The number of likely N-dealkylation sites (tertiary alicyclic amines) is 1. The van der Waals surface area contributed by atoms with Crippen molar-refractivity contribution < 1.29 is 14.7 Å². The van der Waals surface area contributed by atoms with Crippen LogP contribution in [0.1, 0.15) is 32.1 Å². The molecule has 0 spiro atoms. The molecule has 2 aliphatic rings. The van der Waals surface area contributed by atoms with E-state index in [1.807, 2.05) is 4.90 Å². The summed E-state index contributed by atoms with van der Waals surface area (Å²) in [6.45, 7) is 1.64. The average molecular weight is 211 g/mol. The Bertz CT molecular complexity index is 269. The van der Waals surface area contributed by atoms with Crippen LogP contribution in [0.3, 0.4) is 0 Å². The minimum absolute atomic E-state index is 0.0734. The van der Waals surface area contributed by atoms with Crippen LogP contribution >= 0.6 is 0 Å². The predicted octanol–water partition coefficient (Wildman–Crippen LogP) is 1.11. The molecule has 1 heterocycles. The molecule has 2 atom stereocenters. The van der Waals surface area contributed by atoms with Gasteiger partial charge in [0.1, 0.15) is 0 Å². The van der Waals surface area contributed by atoms with Crippen molar-refractivity contribution in [3.05, 3.63) is 0 Å². The maximum absolute atomic E-state index is 11.9. The molecule has 1 amide bonds. The van der Waals surface area contributed by atoms with E-state index in [2.05, 4.69) is 0 Å². The molecule has 1 aliphatic heterocycles. The second-order valence-electron chi connectivity index (χ2n) is 4.53. The second kappa shape index (κ2) is 4.21. The monoisotopic (exact) mass is 211 g/mol. The fraction of sp³-hybridized carbons (Fsp3) is 0.818. The summed E-state index contributed by atoms with van der Waals surface area (Å²) in [6, 6.07) is 0. The summed E-state index contributed by atoms with van der Waals surface area (Å²) >= 11 is 0. The molecular formula is C11H17NO3. The number of carboxylic acid groups (broad SMARTS) is 1. The Hall–Kier alpha value is -1.06. The molecule has 0 unspecified atom stereocenters. The summed E-state index contributed by atoms with van der Waals surface area (Å²) < 4.78 is 0. The van der Waals surface area contributed by atoms with Crippen molar-refractivity contribution in [2.45, 2.75) is 32.1 Å². The molecule has 1 N–H and O–H groups in total. The number of nitrogens with zero attached hydrogens (tertiary/aromatic N) is 1. The lowest BCUT2D eigenvalue weighted by molar-refractivity contribution is -0.142. The highest BCUT2D eigenvalue weighted by molar-refractivity contribution is 5.89. The Labute approximate surface area is 89.3 Å². The van der Waals surface area contributed by atoms with Gasteiger partial charge in [-0.3, -0.25) is 9.59 Å². The van der Waals surface area contributed by atoms with Crippen molar-refractivity contribution in [2.24, 2.45) is 11.8 Å². The van der Waals surface area contributed by atoms with Crippen LogP contribution in [0.5, 0.6) is 0 Å². The fourth-order valence-corrected chi connectivity index (χ4v) is 2.27. The Balaban J connectivity index is 1.88. The number of carboxylic acids is 1. The van der Waals surface area contributed by atoms with E-state index >= 15 is 0 Å². The molecule has 1 saturated heterocycles. The largest absolute Gasteiger partial charge is 0.481 e. The van der Waals surface area contributed by atoms with Crippen LogP contribution in [0.2, 0.25) is 0 Å². The summed E-state index contributed by atoms with van der Waals surface area (Å²) in [6.07, 6.45) is 5.06. The molecule has 0 aromatic rings. The first-order chi connectivity index (χ1) is 7.20. The van der Waals surface area contributed by atoms with Gasteiger partial charge >= 0.3 is 5.97 Å². The van der Waals surface area contributed by atoms with Gasteiger partial charge < -0.3 is 10.0 Å². The molecule has 1 aliphatic carbocycles. The van der Waals surface area contributed by atoms with Crippen LogP contribution in [0.25, 0.3) is 0 Å². The zero-order valence-electron chi connectivity index (χ0n) is 8.82. The Morgan fingerprint density at radius 2 is 1.60 bits per heavy atom. The molecule has 2 rings (SSSR count). The zero-order chi connectivity index (χ0) is 10.8. The van der Waals surface area contributed by atoms with Crippen LogP contribution in [0.15, 0.2) is 0 Å². The van der Waals surface area contributed by atoms with Crippen molar-refractivity contribution in [3.63, 3.8) is 0 Å². The van der Waals surface area contributed by atoms with Gasteiger partial charge in [0.15, 0.2) is 0 Å². The third-order valence-electron chi connectivity index (χ3n) is 3.34. The Kier molecular flexibility index (Phi) is 2.93. The van der Waals surface area contributed by atoms with Crippen molar-refractivity contribution >= 4 is 11.9 Å². The lowest BCUT2D eigenvalue weighted by Gasteiger charge is -2.20. The number of rotatable bonds is 2. The van der Waals surface area contributed by atoms with Gasteiger partial charge in [-0.1, -0.05) is 12.8 Å². The van der Waals surface area contributed by atoms with E-state index in [0.717, 1.165) is 25.9 Å². The average Bonchev–Trinajstić information content (AvgIpc) is 3.02. The maximum atomic E-state index is 11.9. The molecule has 0 radical (unpaired) electrons. The molecule has 0 bridgehead atoms. The molecule has 4 nitrogen and oxygen atoms in total. The molecule has 1 saturated carbocycles. The van der Waals surface area contributed by atoms with Crippen molar-refractivity contribution in [1.82, 2.24) is 4.90 Å². The number of aliphatic carboxylic acids is 1. The third kappa shape index (κ3) is 2.30. The summed E-state index contributed by atoms with van der Waals surface area (Å²) in [5, 5.41) is 8.76. The Morgan fingerprint density at radius 1 is 1.00 bits per heavy atom. The van der Waals surface area contributed by atoms with Crippen LogP contribution in [0, 0.1) is 11.8 Å². The molecule has 4 heteroatoms. The van der Waals surface area contributed by atoms with Gasteiger partial charge in [-0.25, -0.2) is 0 Å². The van der Waals surface area contributed by atoms with E-state index in [0.29, 0.717) is 6.42 Å². The quantitative estimate of drug-likeness (QED) is 0.744. The smallest absolute Gasteiger partial charge is 0.307 e. The van der Waals surface area contributed by atoms with Crippen LogP contribution in [-0.4, -0.2) is 35.0 Å². The van der Waals surface area contributed by atoms with E-state index in [1.54, 1.807) is 0 Å². The minimum Gasteiger partial charge on any atom is -0.481 e. The summed E-state index contributed by atoms with van der Waals surface area (Å²) in [5.74, 6) is -1.37. The first kappa shape index (κ1) is 10.5. The van der Waals surface area contributed by atoms with E-state index in [-0.39, 0.29) is 11.8 Å². The van der Waals surface area contributed by atoms with Gasteiger partial charge in [-0.15, -0.1) is 0 Å². The molecule has 15 heavy (non-hydrogen) atoms. The highest BCUT2D eigenvalue weighted by Gasteiger charge is 2.49. The number of hydrogen-bond acceptors (Lipinski definition) is 2. The predicted molar refractivity (Wildman–Crippen MR) is 54.3 cm³/mol. The lowest BCUT2D eigenvalue weighted by atomic mass is 10.2. The van der Waals surface area contributed by atoms with Gasteiger partial charge in [0.05, 0.1) is 11.8 Å². The molecule has 2 fully saturated rings. The Morgan fingerprint density at radius 3 is 2.07 bits per heavy atom. The van der Waals surface area contributed by atoms with Crippen molar-refractivity contribution in [2.75, 3.05) is 13.1 Å². The summed E-state index contributed by atoms with van der Waals surface area (Å²) in [7, 11) is 0. The highest BCUT2D eigenvalue weighted by atomic mass is 16.4. The third-order valence-corrected chi connectivity index (χ3v) is 3.34. The molecular weight excluding hydrogens is 194 g/mol. The van der Waals surface area contributed by atoms with Crippen molar-refractivity contribution in [3.8, 4) is 0 Å². The van der Waals surface area contributed by atoms with Crippen LogP contribution in [0.4, 0.5) is 0 Å². The first-order valence-corrected chi connectivity index (χ1v) is 5.72. The number of amides is 1. The summed E-state index contributed by atoms with van der Waals surface area (Å²) in [5.41, 5.74) is 0. The zero-order valence-corrected chi connectivity index (χ0v) is 8.82. The summed E-state index contributed by atoms with van der Waals surface area (Å²) in [4.78, 5) is 24.4. The normalized spacial score (nSPS) is 30.8. The van der Waals surface area contributed by atoms with Crippen LogP contribution < -0.4 is 0 Å². The van der Waals surface area contributed by atoms with E-state index in [1.165, 1.54) is 12.8 Å². The van der Waals surface area contributed by atoms with Gasteiger partial charge in [-0.05, 0) is 19.3 Å². The van der Waals surface area contributed by atoms with Gasteiger partial charge in [0, 0.05) is 13.1 Å². The van der Waals surface area contributed by atoms with Gasteiger partial charge in [0.25, 0.3) is 0 Å². The fourth-order valence-electron chi connectivity index (χ4n) is 2.27. The molecule has 0 aromatic carbocycles. The standard InChI is InChI=1S/C11H17NO3/c13-10(8-7-9(8)11(14)15)12-5-3-1-2-4-6-12/h8-9H,1-7H2,(H,14,15)/t8-,9+/m0/s1. The lowest BCUT2D eigenvalue weighted by Crippen LogP contribution is -2.33. The highest BCUT2D eigenvalue weighted by Crippen LogP contribution is 2.40. The van der Waals surface area contributed by atoms with E-state index < -0.39 is 11.9 Å². The SMILES string of the molecule is O=C(O)[C@@H]1C[C@@H]1C(=O)N1CCCCCC1. The number of carbonyl (C=O) groups excluding carboxylic acids is 1. The number of hydrogen-bond donors (Lipinski definition) is 1. The van der Waals surface area contributed by atoms with Gasteiger partial charge in [0.2, 0.25) is 5.91 Å².